The predicted molar refractivity (Wildman–Crippen MR) is 113 cm³/mol. The van der Waals surface area contributed by atoms with Gasteiger partial charge in [-0.1, -0.05) is 27.5 Å². The van der Waals surface area contributed by atoms with Crippen LogP contribution >= 0.6 is 27.5 Å². The summed E-state index contributed by atoms with van der Waals surface area (Å²) < 4.78 is 2.18. The highest BCUT2D eigenvalue weighted by atomic mass is 79.9. The topological polar surface area (TPSA) is 93.1 Å². The van der Waals surface area contributed by atoms with Gasteiger partial charge >= 0.3 is 0 Å². The van der Waals surface area contributed by atoms with Gasteiger partial charge < -0.3 is 10.6 Å². The number of aromatic nitrogens is 2. The molecule has 28 heavy (non-hydrogen) atoms. The Bertz CT molecular complexity index is 1130. The van der Waals surface area contributed by atoms with Crippen molar-refractivity contribution < 1.29 is 9.59 Å². The van der Waals surface area contributed by atoms with E-state index in [1.807, 2.05) is 6.07 Å². The summed E-state index contributed by atoms with van der Waals surface area (Å²) in [6.07, 6.45) is 1.51. The van der Waals surface area contributed by atoms with Gasteiger partial charge in [0.05, 0.1) is 27.9 Å². The number of fused-ring (bicyclic) bond motifs is 1. The van der Waals surface area contributed by atoms with Gasteiger partial charge in [-0.3, -0.25) is 19.0 Å². The Morgan fingerprint density at radius 2 is 1.96 bits per heavy atom. The molecule has 0 bridgehead atoms. The molecular weight excluding hydrogens is 448 g/mol. The molecule has 0 radical (unpaired) electrons. The van der Waals surface area contributed by atoms with E-state index in [4.69, 9.17) is 11.6 Å². The number of carbonyl (C=O) groups excluding carboxylic acids is 2. The zero-order valence-electron chi connectivity index (χ0n) is 14.8. The summed E-state index contributed by atoms with van der Waals surface area (Å²) in [7, 11) is 0. The van der Waals surface area contributed by atoms with E-state index in [9.17, 15) is 14.4 Å². The monoisotopic (exact) mass is 462 g/mol. The largest absolute Gasteiger partial charge is 0.326 e. The quantitative estimate of drug-likeness (QED) is 0.602. The summed E-state index contributed by atoms with van der Waals surface area (Å²) in [4.78, 5) is 40.1. The number of hydrogen-bond donors (Lipinski definition) is 2. The van der Waals surface area contributed by atoms with Crippen molar-refractivity contribution in [2.45, 2.75) is 19.9 Å². The number of nitrogens with one attached hydrogen (secondary N) is 2. The van der Waals surface area contributed by atoms with Crippen molar-refractivity contribution in [2.75, 3.05) is 10.6 Å². The fourth-order valence-electron chi connectivity index (χ4n) is 2.62. The maximum atomic E-state index is 12.5. The molecule has 0 atom stereocenters. The van der Waals surface area contributed by atoms with Crippen LogP contribution in [0.4, 0.5) is 11.4 Å². The third-order valence-corrected chi connectivity index (χ3v) is 4.74. The Morgan fingerprint density at radius 1 is 1.18 bits per heavy atom. The summed E-state index contributed by atoms with van der Waals surface area (Å²) >= 11 is 9.48. The minimum absolute atomic E-state index is 0.0743. The average Bonchev–Trinajstić information content (AvgIpc) is 2.63. The smallest absolute Gasteiger partial charge is 0.261 e. The Kier molecular flexibility index (Phi) is 6.11. The maximum Gasteiger partial charge on any atom is 0.261 e. The maximum absolute atomic E-state index is 12.5. The second-order valence-electron chi connectivity index (χ2n) is 6.08. The molecule has 0 aliphatic carbocycles. The van der Waals surface area contributed by atoms with Crippen molar-refractivity contribution in [1.82, 2.24) is 9.55 Å². The van der Waals surface area contributed by atoms with Crippen molar-refractivity contribution in [1.29, 1.82) is 0 Å². The first-order valence-electron chi connectivity index (χ1n) is 8.35. The standard InChI is InChI=1S/C19H16BrClN4O3/c1-11(26)23-13-3-5-17(15(21)9-13)24-18(27)6-7-25-10-22-16-4-2-12(20)8-14(16)19(25)28/h2-5,8-10H,6-7H2,1H3,(H,23,26)(H,24,27). The van der Waals surface area contributed by atoms with E-state index in [2.05, 4.69) is 31.5 Å². The van der Waals surface area contributed by atoms with Gasteiger partial charge in [-0.05, 0) is 36.4 Å². The van der Waals surface area contributed by atoms with Gasteiger partial charge in [-0.25, -0.2) is 4.98 Å². The lowest BCUT2D eigenvalue weighted by Crippen LogP contribution is -2.23. The van der Waals surface area contributed by atoms with Crippen LogP contribution in [0.2, 0.25) is 5.02 Å². The number of halogens is 2. The number of hydrogen-bond acceptors (Lipinski definition) is 4. The molecule has 3 aromatic rings. The molecule has 1 aromatic heterocycles. The summed E-state index contributed by atoms with van der Waals surface area (Å²) in [5, 5.41) is 6.09. The molecule has 3 rings (SSSR count). The molecule has 0 aliphatic heterocycles. The third-order valence-electron chi connectivity index (χ3n) is 3.93. The van der Waals surface area contributed by atoms with Gasteiger partial charge in [0.15, 0.2) is 0 Å². The number of aryl methyl sites for hydroxylation is 1. The van der Waals surface area contributed by atoms with Crippen LogP contribution < -0.4 is 16.2 Å². The number of carbonyl (C=O) groups is 2. The zero-order chi connectivity index (χ0) is 20.3. The first-order valence-corrected chi connectivity index (χ1v) is 9.52. The molecule has 1 heterocycles. The van der Waals surface area contributed by atoms with Gasteiger partial charge in [0.2, 0.25) is 11.8 Å². The minimum atomic E-state index is -0.296. The van der Waals surface area contributed by atoms with Crippen molar-refractivity contribution in [3.8, 4) is 0 Å². The number of rotatable bonds is 5. The molecule has 0 spiro atoms. The molecule has 0 fully saturated rings. The highest BCUT2D eigenvalue weighted by Crippen LogP contribution is 2.25. The molecule has 0 saturated heterocycles. The Balaban J connectivity index is 1.68. The summed E-state index contributed by atoms with van der Waals surface area (Å²) in [5.74, 6) is -0.510. The zero-order valence-corrected chi connectivity index (χ0v) is 17.2. The van der Waals surface area contributed by atoms with E-state index >= 15 is 0 Å². The van der Waals surface area contributed by atoms with E-state index in [-0.39, 0.29) is 30.3 Å². The molecule has 0 unspecified atom stereocenters. The Morgan fingerprint density at radius 3 is 2.68 bits per heavy atom. The lowest BCUT2D eigenvalue weighted by Gasteiger charge is -2.10. The molecular formula is C19H16BrClN4O3. The van der Waals surface area contributed by atoms with Gasteiger partial charge in [-0.2, -0.15) is 0 Å². The van der Waals surface area contributed by atoms with Crippen molar-refractivity contribution >= 4 is 61.6 Å². The second-order valence-corrected chi connectivity index (χ2v) is 7.40. The van der Waals surface area contributed by atoms with E-state index in [0.717, 1.165) is 4.47 Å². The van der Waals surface area contributed by atoms with Gasteiger partial charge in [0, 0.05) is 30.0 Å². The molecule has 9 heteroatoms. The van der Waals surface area contributed by atoms with Crippen LogP contribution in [0.5, 0.6) is 0 Å². The van der Waals surface area contributed by atoms with Crippen LogP contribution in [-0.2, 0) is 16.1 Å². The predicted octanol–water partition coefficient (Wildman–Crippen LogP) is 3.80. The van der Waals surface area contributed by atoms with Crippen molar-refractivity contribution in [3.05, 3.63) is 62.6 Å². The SMILES string of the molecule is CC(=O)Nc1ccc(NC(=O)CCn2cnc3ccc(Br)cc3c2=O)c(Cl)c1. The number of anilines is 2. The van der Waals surface area contributed by atoms with E-state index in [1.165, 1.54) is 17.8 Å². The average molecular weight is 464 g/mol. The summed E-state index contributed by atoms with van der Waals surface area (Å²) in [6, 6.07) is 10.1. The Hall–Kier alpha value is -2.71. The van der Waals surface area contributed by atoms with Crippen molar-refractivity contribution in [3.63, 3.8) is 0 Å². The van der Waals surface area contributed by atoms with E-state index in [0.29, 0.717) is 27.3 Å². The van der Waals surface area contributed by atoms with E-state index in [1.54, 1.807) is 30.3 Å². The molecule has 2 amide bonds. The molecule has 2 N–H and O–H groups in total. The lowest BCUT2D eigenvalue weighted by atomic mass is 10.2. The van der Waals surface area contributed by atoms with Crippen LogP contribution in [0, 0.1) is 0 Å². The minimum Gasteiger partial charge on any atom is -0.326 e. The van der Waals surface area contributed by atoms with Gasteiger partial charge in [0.1, 0.15) is 0 Å². The Labute approximate surface area is 173 Å². The normalized spacial score (nSPS) is 10.7. The number of benzene rings is 2. The molecule has 2 aromatic carbocycles. The van der Waals surface area contributed by atoms with Crippen LogP contribution in [0.25, 0.3) is 10.9 Å². The second kappa shape index (κ2) is 8.53. The van der Waals surface area contributed by atoms with Crippen LogP contribution in [0.15, 0.2) is 52.0 Å². The molecule has 0 aliphatic rings. The first-order chi connectivity index (χ1) is 13.3. The van der Waals surface area contributed by atoms with Gasteiger partial charge in [0.25, 0.3) is 5.56 Å². The van der Waals surface area contributed by atoms with Gasteiger partial charge in [-0.15, -0.1) is 0 Å². The summed E-state index contributed by atoms with van der Waals surface area (Å²) in [6.45, 7) is 1.58. The third kappa shape index (κ3) is 4.76. The van der Waals surface area contributed by atoms with E-state index < -0.39 is 0 Å². The first kappa shape index (κ1) is 20.0. The highest BCUT2D eigenvalue weighted by molar-refractivity contribution is 9.10. The fraction of sp³-hybridized carbons (Fsp3) is 0.158. The molecule has 144 valence electrons. The number of nitrogens with zero attached hydrogens (tertiary/aromatic N) is 2. The lowest BCUT2D eigenvalue weighted by molar-refractivity contribution is -0.116. The fourth-order valence-corrected chi connectivity index (χ4v) is 3.21. The summed E-state index contributed by atoms with van der Waals surface area (Å²) in [5.41, 5.74) is 1.35. The molecule has 7 nitrogen and oxygen atoms in total. The number of amides is 2. The van der Waals surface area contributed by atoms with Crippen molar-refractivity contribution in [2.24, 2.45) is 0 Å². The van der Waals surface area contributed by atoms with Crippen LogP contribution in [-0.4, -0.2) is 21.4 Å². The van der Waals surface area contributed by atoms with Crippen LogP contribution in [0.1, 0.15) is 13.3 Å². The molecule has 0 saturated carbocycles. The van der Waals surface area contributed by atoms with Crippen LogP contribution in [0.3, 0.4) is 0 Å². The highest BCUT2D eigenvalue weighted by Gasteiger charge is 2.10.